The maximum Gasteiger partial charge on any atom is 0.274 e. The van der Waals surface area contributed by atoms with Crippen molar-refractivity contribution in [3.05, 3.63) is 83.7 Å². The third-order valence-corrected chi connectivity index (χ3v) is 5.89. The van der Waals surface area contributed by atoms with Crippen molar-refractivity contribution in [2.75, 3.05) is 25.2 Å². The van der Waals surface area contributed by atoms with E-state index in [-0.39, 0.29) is 18.1 Å². The Bertz CT molecular complexity index is 1290. The lowest BCUT2D eigenvalue weighted by molar-refractivity contribution is -0.116. The smallest absolute Gasteiger partial charge is 0.274 e. The van der Waals surface area contributed by atoms with Gasteiger partial charge in [0.05, 0.1) is 24.2 Å². The number of para-hydroxylation sites is 1. The third kappa shape index (κ3) is 5.13. The van der Waals surface area contributed by atoms with Crippen molar-refractivity contribution in [1.82, 2.24) is 14.7 Å². The number of nitrogens with zero attached hydrogens (tertiary/aromatic N) is 3. The van der Waals surface area contributed by atoms with Gasteiger partial charge in [-0.25, -0.2) is 4.68 Å². The summed E-state index contributed by atoms with van der Waals surface area (Å²) in [5.41, 5.74) is 2.17. The molecule has 0 saturated carbocycles. The van der Waals surface area contributed by atoms with E-state index in [2.05, 4.69) is 10.4 Å². The second kappa shape index (κ2) is 9.97. The topological polar surface area (TPSA) is 80.4 Å². The van der Waals surface area contributed by atoms with E-state index in [4.69, 9.17) is 16.0 Å². The van der Waals surface area contributed by atoms with Crippen molar-refractivity contribution in [3.63, 3.8) is 0 Å². The minimum Gasteiger partial charge on any atom is -0.463 e. The molecule has 9 heteroatoms. The molecule has 0 unspecified atom stereocenters. The average molecular weight is 481 g/mol. The van der Waals surface area contributed by atoms with Crippen LogP contribution in [0.2, 0.25) is 5.02 Å². The Morgan fingerprint density at radius 2 is 1.94 bits per heavy atom. The van der Waals surface area contributed by atoms with Gasteiger partial charge in [0.15, 0.2) is 11.5 Å². The molecule has 7 nitrogen and oxygen atoms in total. The highest BCUT2D eigenvalue weighted by molar-refractivity contribution is 7.98. The molecule has 2 aromatic heterocycles. The number of carbonyl (C=O) groups is 2. The van der Waals surface area contributed by atoms with Gasteiger partial charge in [0, 0.05) is 23.0 Å². The van der Waals surface area contributed by atoms with Gasteiger partial charge in [-0.1, -0.05) is 29.8 Å². The van der Waals surface area contributed by atoms with Crippen LogP contribution >= 0.6 is 23.4 Å². The number of anilines is 1. The van der Waals surface area contributed by atoms with E-state index in [0.717, 1.165) is 4.90 Å². The fourth-order valence-electron chi connectivity index (χ4n) is 3.31. The van der Waals surface area contributed by atoms with Crippen molar-refractivity contribution >= 4 is 40.9 Å². The minimum absolute atomic E-state index is 0.123. The van der Waals surface area contributed by atoms with Gasteiger partial charge in [-0.3, -0.25) is 9.59 Å². The van der Waals surface area contributed by atoms with Crippen LogP contribution in [0.15, 0.2) is 82.3 Å². The molecule has 0 fully saturated rings. The van der Waals surface area contributed by atoms with Gasteiger partial charge in [-0.05, 0) is 48.7 Å². The molecule has 0 spiro atoms. The summed E-state index contributed by atoms with van der Waals surface area (Å²) in [6, 6.07) is 19.8. The lowest BCUT2D eigenvalue weighted by atomic mass is 10.2. The summed E-state index contributed by atoms with van der Waals surface area (Å²) in [7, 11) is 1.56. The standard InChI is InChI=1S/C24H21ClN4O3S/c1-28(15-23(30)26-18-9-3-4-11-22(18)33-2)24(31)19-14-20(21-10-6-12-32-21)29(27-19)17-8-5-7-16(25)13-17/h3-14H,15H2,1-2H3,(H,26,30). The first-order valence-corrected chi connectivity index (χ1v) is 11.6. The van der Waals surface area contributed by atoms with E-state index in [9.17, 15) is 9.59 Å². The van der Waals surface area contributed by atoms with E-state index in [0.29, 0.717) is 27.9 Å². The van der Waals surface area contributed by atoms with Crippen LogP contribution in [-0.4, -0.2) is 46.3 Å². The molecule has 2 amide bonds. The first-order chi connectivity index (χ1) is 16.0. The molecule has 2 aromatic carbocycles. The molecule has 4 rings (SSSR count). The second-order valence-corrected chi connectivity index (χ2v) is 8.48. The van der Waals surface area contributed by atoms with Crippen LogP contribution in [0.5, 0.6) is 0 Å². The quantitative estimate of drug-likeness (QED) is 0.367. The van der Waals surface area contributed by atoms with Gasteiger partial charge in [0.25, 0.3) is 5.91 Å². The fourth-order valence-corrected chi connectivity index (χ4v) is 4.05. The van der Waals surface area contributed by atoms with Crippen LogP contribution in [0.3, 0.4) is 0 Å². The third-order valence-electron chi connectivity index (χ3n) is 4.86. The van der Waals surface area contributed by atoms with Gasteiger partial charge < -0.3 is 14.6 Å². The maximum absolute atomic E-state index is 13.1. The molecule has 0 atom stereocenters. The number of hydrogen-bond donors (Lipinski definition) is 1. The molecule has 33 heavy (non-hydrogen) atoms. The molecule has 0 saturated heterocycles. The zero-order valence-corrected chi connectivity index (χ0v) is 19.6. The average Bonchev–Trinajstić information content (AvgIpc) is 3.49. The lowest BCUT2D eigenvalue weighted by Crippen LogP contribution is -2.35. The lowest BCUT2D eigenvalue weighted by Gasteiger charge is -2.16. The Labute approximate surface area is 200 Å². The molecule has 0 aliphatic carbocycles. The van der Waals surface area contributed by atoms with Crippen LogP contribution in [0.1, 0.15) is 10.5 Å². The normalized spacial score (nSPS) is 10.8. The Hall–Kier alpha value is -3.49. The molecule has 0 radical (unpaired) electrons. The summed E-state index contributed by atoms with van der Waals surface area (Å²) in [6.07, 6.45) is 3.49. The molecule has 4 aromatic rings. The summed E-state index contributed by atoms with van der Waals surface area (Å²) in [5, 5.41) is 7.89. The van der Waals surface area contributed by atoms with Gasteiger partial charge >= 0.3 is 0 Å². The summed E-state index contributed by atoms with van der Waals surface area (Å²) in [5.74, 6) is -0.139. The number of furan rings is 1. The molecule has 0 bridgehead atoms. The Morgan fingerprint density at radius 1 is 1.12 bits per heavy atom. The highest BCUT2D eigenvalue weighted by Crippen LogP contribution is 2.27. The zero-order chi connectivity index (χ0) is 23.4. The van der Waals surface area contributed by atoms with E-state index in [1.807, 2.05) is 36.6 Å². The van der Waals surface area contributed by atoms with Gasteiger partial charge in [-0.15, -0.1) is 11.8 Å². The van der Waals surface area contributed by atoms with Crippen LogP contribution in [-0.2, 0) is 4.79 Å². The SMILES string of the molecule is CSc1ccccc1NC(=O)CN(C)C(=O)c1cc(-c2ccco2)n(-c2cccc(Cl)c2)n1. The second-order valence-electron chi connectivity index (χ2n) is 7.19. The number of hydrogen-bond acceptors (Lipinski definition) is 5. The Kier molecular flexibility index (Phi) is 6.86. The van der Waals surface area contributed by atoms with Crippen molar-refractivity contribution in [1.29, 1.82) is 0 Å². The Balaban J connectivity index is 1.56. The number of rotatable bonds is 7. The number of halogens is 1. The Morgan fingerprint density at radius 3 is 2.67 bits per heavy atom. The number of thioether (sulfide) groups is 1. The predicted octanol–water partition coefficient (Wildman–Crippen LogP) is 5.22. The summed E-state index contributed by atoms with van der Waals surface area (Å²) in [6.45, 7) is -0.123. The zero-order valence-electron chi connectivity index (χ0n) is 18.0. The van der Waals surface area contributed by atoms with Crippen LogP contribution in [0.25, 0.3) is 17.1 Å². The number of likely N-dealkylation sites (N-methyl/N-ethyl adjacent to an activating group) is 1. The van der Waals surface area contributed by atoms with Crippen molar-refractivity contribution < 1.29 is 14.0 Å². The molecule has 0 aliphatic heterocycles. The fraction of sp³-hybridized carbons (Fsp3) is 0.125. The number of carbonyl (C=O) groups excluding carboxylic acids is 2. The molecular formula is C24H21ClN4O3S. The minimum atomic E-state index is -0.392. The molecule has 0 aliphatic rings. The highest BCUT2D eigenvalue weighted by atomic mass is 35.5. The largest absolute Gasteiger partial charge is 0.463 e. The summed E-state index contributed by atoms with van der Waals surface area (Å²) >= 11 is 7.69. The monoisotopic (exact) mass is 480 g/mol. The van der Waals surface area contributed by atoms with Gasteiger partial charge in [-0.2, -0.15) is 5.10 Å². The number of aromatic nitrogens is 2. The first-order valence-electron chi connectivity index (χ1n) is 10.0. The number of benzene rings is 2. The van der Waals surface area contributed by atoms with E-state index >= 15 is 0 Å². The van der Waals surface area contributed by atoms with Gasteiger partial charge in [0.2, 0.25) is 5.91 Å². The maximum atomic E-state index is 13.1. The molecular weight excluding hydrogens is 460 g/mol. The van der Waals surface area contributed by atoms with Crippen molar-refractivity contribution in [3.8, 4) is 17.1 Å². The highest BCUT2D eigenvalue weighted by Gasteiger charge is 2.22. The van der Waals surface area contributed by atoms with Gasteiger partial charge in [0.1, 0.15) is 5.69 Å². The summed E-state index contributed by atoms with van der Waals surface area (Å²) in [4.78, 5) is 27.9. The van der Waals surface area contributed by atoms with E-state index in [1.165, 1.54) is 16.7 Å². The molecule has 1 N–H and O–H groups in total. The van der Waals surface area contributed by atoms with Crippen LogP contribution < -0.4 is 5.32 Å². The van der Waals surface area contributed by atoms with Crippen LogP contribution in [0.4, 0.5) is 5.69 Å². The van der Waals surface area contributed by atoms with Crippen LogP contribution in [0, 0.1) is 0 Å². The van der Waals surface area contributed by atoms with Crippen molar-refractivity contribution in [2.45, 2.75) is 4.90 Å². The van der Waals surface area contributed by atoms with E-state index in [1.54, 1.807) is 54.4 Å². The number of amides is 2. The molecule has 2 heterocycles. The first kappa shape index (κ1) is 22.7. The predicted molar refractivity (Wildman–Crippen MR) is 130 cm³/mol. The number of nitrogens with one attached hydrogen (secondary N) is 1. The van der Waals surface area contributed by atoms with E-state index < -0.39 is 5.91 Å². The summed E-state index contributed by atoms with van der Waals surface area (Å²) < 4.78 is 7.13. The molecule has 168 valence electrons. The van der Waals surface area contributed by atoms with Crippen molar-refractivity contribution in [2.24, 2.45) is 0 Å².